The third-order valence-electron chi connectivity index (χ3n) is 3.19. The second-order valence-electron chi connectivity index (χ2n) is 4.87. The van der Waals surface area contributed by atoms with Crippen molar-refractivity contribution in [3.05, 3.63) is 22.6 Å². The fraction of sp³-hybridized carbons (Fsp3) is 0.615. The number of aromatic nitrogens is 2. The molecule has 2 rings (SSSR count). The van der Waals surface area contributed by atoms with E-state index in [1.807, 2.05) is 11.9 Å². The van der Waals surface area contributed by atoms with Crippen molar-refractivity contribution in [1.29, 1.82) is 0 Å². The van der Waals surface area contributed by atoms with E-state index in [0.29, 0.717) is 0 Å². The molecule has 0 N–H and O–H groups in total. The quantitative estimate of drug-likeness (QED) is 0.756. The Kier molecular flexibility index (Phi) is 3.79. The zero-order valence-electron chi connectivity index (χ0n) is 10.9. The molecule has 1 aliphatic carbocycles. The minimum Gasteiger partial charge on any atom is -0.373 e. The molecule has 18 heavy (non-hydrogen) atoms. The van der Waals surface area contributed by atoms with Crippen LogP contribution in [0.4, 0.5) is 5.69 Å². The number of Topliss-reactive ketones (excluding diaryl/α,β-unsaturated/α-hetero) is 1. The molecule has 0 atom stereocenters. The van der Waals surface area contributed by atoms with Crippen molar-refractivity contribution in [2.24, 2.45) is 5.92 Å². The summed E-state index contributed by atoms with van der Waals surface area (Å²) in [4.78, 5) is 25.5. The minimum atomic E-state index is -0.204. The highest BCUT2D eigenvalue weighted by Crippen LogP contribution is 2.29. The number of nitrogens with zero attached hydrogens (tertiary/aromatic N) is 3. The number of hydrogen-bond donors (Lipinski definition) is 0. The molecule has 1 aromatic rings. The maximum atomic E-state index is 11.8. The van der Waals surface area contributed by atoms with E-state index in [9.17, 15) is 9.59 Å². The van der Waals surface area contributed by atoms with Crippen LogP contribution in [0.5, 0.6) is 0 Å². The van der Waals surface area contributed by atoms with E-state index in [1.165, 1.54) is 4.68 Å². The molecular formula is C13H19N3O2. The predicted molar refractivity (Wildman–Crippen MR) is 69.8 cm³/mol. The van der Waals surface area contributed by atoms with Gasteiger partial charge in [-0.25, -0.2) is 4.68 Å². The second kappa shape index (κ2) is 5.33. The van der Waals surface area contributed by atoms with Gasteiger partial charge in [0.05, 0.1) is 11.9 Å². The topological polar surface area (TPSA) is 55.2 Å². The normalized spacial score (nSPS) is 14.6. The lowest BCUT2D eigenvalue weighted by Crippen LogP contribution is -2.29. The molecule has 5 heteroatoms. The molecule has 1 saturated carbocycles. The van der Waals surface area contributed by atoms with Gasteiger partial charge >= 0.3 is 0 Å². The molecule has 0 saturated heterocycles. The number of rotatable bonds is 6. The van der Waals surface area contributed by atoms with Crippen LogP contribution in [0.1, 0.15) is 26.2 Å². The fourth-order valence-electron chi connectivity index (χ4n) is 1.90. The number of anilines is 1. The molecule has 0 amide bonds. The molecule has 0 spiro atoms. The van der Waals surface area contributed by atoms with Gasteiger partial charge in [-0.2, -0.15) is 5.10 Å². The van der Waals surface area contributed by atoms with E-state index in [0.717, 1.165) is 31.5 Å². The summed E-state index contributed by atoms with van der Waals surface area (Å²) in [7, 11) is 1.93. The van der Waals surface area contributed by atoms with Gasteiger partial charge in [0.15, 0.2) is 5.78 Å². The monoisotopic (exact) mass is 249 g/mol. The van der Waals surface area contributed by atoms with Crippen molar-refractivity contribution in [3.63, 3.8) is 0 Å². The first-order valence-electron chi connectivity index (χ1n) is 6.43. The third kappa shape index (κ3) is 2.97. The highest BCUT2D eigenvalue weighted by molar-refractivity contribution is 5.82. The Balaban J connectivity index is 2.09. The predicted octanol–water partition coefficient (Wildman–Crippen LogP) is 1.07. The summed E-state index contributed by atoms with van der Waals surface area (Å²) < 4.78 is 1.25. The molecule has 1 heterocycles. The second-order valence-corrected chi connectivity index (χ2v) is 4.87. The molecule has 1 aromatic heterocycles. The molecular weight excluding hydrogens is 230 g/mol. The van der Waals surface area contributed by atoms with Gasteiger partial charge in [0.25, 0.3) is 5.56 Å². The standard InChI is InChI=1S/C13H19N3O2/c1-3-6-15(2)11-7-13(18)16(14-8-11)9-12(17)10-4-5-10/h7-8,10H,3-6,9H2,1-2H3. The van der Waals surface area contributed by atoms with Crippen LogP contribution in [0, 0.1) is 5.92 Å². The van der Waals surface area contributed by atoms with Crippen LogP contribution in [-0.2, 0) is 11.3 Å². The molecule has 1 aliphatic rings. The zero-order chi connectivity index (χ0) is 13.1. The van der Waals surface area contributed by atoms with E-state index < -0.39 is 0 Å². The number of hydrogen-bond acceptors (Lipinski definition) is 4. The average molecular weight is 249 g/mol. The van der Waals surface area contributed by atoms with Gasteiger partial charge in [-0.05, 0) is 19.3 Å². The smallest absolute Gasteiger partial charge is 0.269 e. The maximum Gasteiger partial charge on any atom is 0.269 e. The molecule has 98 valence electrons. The number of carbonyl (C=O) groups excluding carboxylic acids is 1. The van der Waals surface area contributed by atoms with Gasteiger partial charge < -0.3 is 4.90 Å². The largest absolute Gasteiger partial charge is 0.373 e. The molecule has 0 aliphatic heterocycles. The van der Waals surface area contributed by atoms with Crippen molar-refractivity contribution in [2.75, 3.05) is 18.5 Å². The van der Waals surface area contributed by atoms with Crippen LogP contribution in [0.3, 0.4) is 0 Å². The van der Waals surface area contributed by atoms with Gasteiger partial charge in [0.1, 0.15) is 6.54 Å². The molecule has 0 aromatic carbocycles. The minimum absolute atomic E-state index is 0.112. The van der Waals surface area contributed by atoms with E-state index in [1.54, 1.807) is 12.3 Å². The lowest BCUT2D eigenvalue weighted by molar-refractivity contribution is -0.121. The summed E-state index contributed by atoms with van der Waals surface area (Å²) in [5, 5.41) is 4.07. The Morgan fingerprint density at radius 2 is 2.28 bits per heavy atom. The van der Waals surface area contributed by atoms with Crippen LogP contribution in [0.15, 0.2) is 17.1 Å². The van der Waals surface area contributed by atoms with Gasteiger partial charge in [0.2, 0.25) is 0 Å². The Bertz CT molecular complexity index is 491. The Morgan fingerprint density at radius 1 is 1.56 bits per heavy atom. The van der Waals surface area contributed by atoms with Crippen LogP contribution >= 0.6 is 0 Å². The Labute approximate surface area is 106 Å². The van der Waals surface area contributed by atoms with Crippen LogP contribution in [-0.4, -0.2) is 29.2 Å². The Hall–Kier alpha value is -1.65. The van der Waals surface area contributed by atoms with Crippen molar-refractivity contribution in [3.8, 4) is 0 Å². The molecule has 1 fully saturated rings. The molecule has 0 radical (unpaired) electrons. The van der Waals surface area contributed by atoms with Crippen LogP contribution in [0.2, 0.25) is 0 Å². The summed E-state index contributed by atoms with van der Waals surface area (Å²) in [5.74, 6) is 0.292. The van der Waals surface area contributed by atoms with Crippen LogP contribution < -0.4 is 10.5 Å². The van der Waals surface area contributed by atoms with E-state index in [2.05, 4.69) is 12.0 Å². The summed E-state index contributed by atoms with van der Waals surface area (Å²) in [6.07, 6.45) is 4.59. The molecule has 5 nitrogen and oxygen atoms in total. The first-order valence-corrected chi connectivity index (χ1v) is 6.43. The van der Waals surface area contributed by atoms with Gasteiger partial charge in [0, 0.05) is 25.6 Å². The highest BCUT2D eigenvalue weighted by atomic mass is 16.1. The molecule has 0 bridgehead atoms. The third-order valence-corrected chi connectivity index (χ3v) is 3.19. The Morgan fingerprint density at radius 3 is 2.83 bits per heavy atom. The van der Waals surface area contributed by atoms with E-state index in [-0.39, 0.29) is 23.8 Å². The van der Waals surface area contributed by atoms with Crippen LogP contribution in [0.25, 0.3) is 0 Å². The maximum absolute atomic E-state index is 11.8. The first kappa shape index (κ1) is 12.8. The lowest BCUT2D eigenvalue weighted by atomic mass is 10.2. The summed E-state index contributed by atoms with van der Waals surface area (Å²) in [6.45, 7) is 3.08. The number of carbonyl (C=O) groups is 1. The van der Waals surface area contributed by atoms with Gasteiger partial charge in [-0.1, -0.05) is 6.92 Å². The van der Waals surface area contributed by atoms with E-state index in [4.69, 9.17) is 0 Å². The molecule has 0 unspecified atom stereocenters. The zero-order valence-corrected chi connectivity index (χ0v) is 10.9. The van der Waals surface area contributed by atoms with Gasteiger partial charge in [-0.3, -0.25) is 9.59 Å². The average Bonchev–Trinajstić information content (AvgIpc) is 3.16. The highest BCUT2D eigenvalue weighted by Gasteiger charge is 2.29. The summed E-state index contributed by atoms with van der Waals surface area (Å²) in [5.41, 5.74) is 0.599. The lowest BCUT2D eigenvalue weighted by Gasteiger charge is -2.17. The van der Waals surface area contributed by atoms with Gasteiger partial charge in [-0.15, -0.1) is 0 Å². The first-order chi connectivity index (χ1) is 8.61. The SMILES string of the molecule is CCCN(C)c1cnn(CC(=O)C2CC2)c(=O)c1. The van der Waals surface area contributed by atoms with E-state index >= 15 is 0 Å². The van der Waals surface area contributed by atoms with Crippen molar-refractivity contribution in [2.45, 2.75) is 32.7 Å². The summed E-state index contributed by atoms with van der Waals surface area (Å²) in [6, 6.07) is 1.54. The summed E-state index contributed by atoms with van der Waals surface area (Å²) >= 11 is 0. The van der Waals surface area contributed by atoms with Crippen molar-refractivity contribution in [1.82, 2.24) is 9.78 Å². The van der Waals surface area contributed by atoms with Crippen molar-refractivity contribution >= 4 is 11.5 Å². The number of ketones is 1. The van der Waals surface area contributed by atoms with Crippen molar-refractivity contribution < 1.29 is 4.79 Å². The fourth-order valence-corrected chi connectivity index (χ4v) is 1.90.